The molecule has 0 fully saturated rings. The van der Waals surface area contributed by atoms with Gasteiger partial charge in [0, 0.05) is 0 Å². The van der Waals surface area contributed by atoms with E-state index in [9.17, 15) is 4.79 Å². The summed E-state index contributed by atoms with van der Waals surface area (Å²) in [6.45, 7) is 2.30. The molecular formula is C8H16O3. The highest BCUT2D eigenvalue weighted by Gasteiger charge is 2.04. The third-order valence-electron chi connectivity index (χ3n) is 1.42. The topological polar surface area (TPSA) is 46.5 Å². The van der Waals surface area contributed by atoms with Gasteiger partial charge in [0.2, 0.25) is 0 Å². The number of aldehydes is 1. The van der Waals surface area contributed by atoms with Crippen LogP contribution >= 0.6 is 0 Å². The summed E-state index contributed by atoms with van der Waals surface area (Å²) < 4.78 is 5.02. The lowest BCUT2D eigenvalue weighted by molar-refractivity contribution is -0.119. The molecule has 0 aliphatic heterocycles. The van der Waals surface area contributed by atoms with Crippen LogP contribution in [0.15, 0.2) is 0 Å². The van der Waals surface area contributed by atoms with E-state index < -0.39 is 0 Å². The summed E-state index contributed by atoms with van der Waals surface area (Å²) in [5.74, 6) is 0. The molecule has 3 heteroatoms. The molecule has 1 N–H and O–H groups in total. The third kappa shape index (κ3) is 6.01. The summed E-state index contributed by atoms with van der Waals surface area (Å²) in [5.41, 5.74) is 0. The van der Waals surface area contributed by atoms with E-state index in [-0.39, 0.29) is 19.3 Å². The number of hydrogen-bond donors (Lipinski definition) is 1. The molecule has 0 spiro atoms. The average Bonchev–Trinajstić information content (AvgIpc) is 2.05. The Morgan fingerprint density at radius 2 is 2.36 bits per heavy atom. The van der Waals surface area contributed by atoms with Crippen molar-refractivity contribution in [2.45, 2.75) is 32.3 Å². The molecule has 0 aromatic heterocycles. The van der Waals surface area contributed by atoms with Crippen LogP contribution in [0.25, 0.3) is 0 Å². The van der Waals surface area contributed by atoms with Gasteiger partial charge in [0.1, 0.15) is 12.4 Å². The highest BCUT2D eigenvalue weighted by molar-refractivity contribution is 5.55. The SMILES string of the molecule is CCCCC(C=O)OCCO. The Labute approximate surface area is 67.4 Å². The molecule has 11 heavy (non-hydrogen) atoms. The van der Waals surface area contributed by atoms with Crippen LogP contribution in [0.2, 0.25) is 0 Å². The molecule has 0 aliphatic rings. The van der Waals surface area contributed by atoms with E-state index in [0.717, 1.165) is 25.5 Å². The smallest absolute Gasteiger partial charge is 0.148 e. The largest absolute Gasteiger partial charge is 0.394 e. The molecule has 1 atom stereocenters. The first kappa shape index (κ1) is 10.6. The number of hydrogen-bond acceptors (Lipinski definition) is 3. The predicted octanol–water partition coefficient (Wildman–Crippen LogP) is 0.753. The number of unbranched alkanes of at least 4 members (excludes halogenated alkanes) is 1. The van der Waals surface area contributed by atoms with Crippen LogP contribution in [0.1, 0.15) is 26.2 Å². The molecule has 0 saturated heterocycles. The van der Waals surface area contributed by atoms with Crippen LogP contribution in [0, 0.1) is 0 Å². The van der Waals surface area contributed by atoms with Gasteiger partial charge in [-0.15, -0.1) is 0 Å². The monoisotopic (exact) mass is 160 g/mol. The lowest BCUT2D eigenvalue weighted by atomic mass is 10.2. The van der Waals surface area contributed by atoms with Crippen LogP contribution in [-0.4, -0.2) is 30.7 Å². The molecule has 0 saturated carbocycles. The second kappa shape index (κ2) is 7.69. The quantitative estimate of drug-likeness (QED) is 0.559. The number of aliphatic hydroxyl groups is 1. The fourth-order valence-corrected chi connectivity index (χ4v) is 0.800. The van der Waals surface area contributed by atoms with Crippen molar-refractivity contribution >= 4 is 6.29 Å². The van der Waals surface area contributed by atoms with Gasteiger partial charge in [0.25, 0.3) is 0 Å². The van der Waals surface area contributed by atoms with Crippen LogP contribution in [-0.2, 0) is 9.53 Å². The maximum atomic E-state index is 10.3. The Balaban J connectivity index is 3.33. The summed E-state index contributed by atoms with van der Waals surface area (Å²) in [6.07, 6.45) is 3.30. The van der Waals surface area contributed by atoms with Gasteiger partial charge >= 0.3 is 0 Å². The zero-order chi connectivity index (χ0) is 8.53. The Hall–Kier alpha value is -0.410. The van der Waals surface area contributed by atoms with Gasteiger partial charge in [0.15, 0.2) is 0 Å². The Bertz CT molecular complexity index is 85.3. The van der Waals surface area contributed by atoms with Gasteiger partial charge in [-0.05, 0) is 6.42 Å². The van der Waals surface area contributed by atoms with Crippen molar-refractivity contribution in [3.63, 3.8) is 0 Å². The van der Waals surface area contributed by atoms with Crippen molar-refractivity contribution in [3.8, 4) is 0 Å². The van der Waals surface area contributed by atoms with Crippen molar-refractivity contribution in [2.75, 3.05) is 13.2 Å². The first-order valence-electron chi connectivity index (χ1n) is 4.02. The maximum absolute atomic E-state index is 10.3. The number of aliphatic hydroxyl groups excluding tert-OH is 1. The average molecular weight is 160 g/mol. The molecular weight excluding hydrogens is 144 g/mol. The van der Waals surface area contributed by atoms with E-state index in [1.165, 1.54) is 0 Å². The minimum atomic E-state index is -0.318. The lowest BCUT2D eigenvalue weighted by Gasteiger charge is -2.09. The molecule has 1 unspecified atom stereocenters. The van der Waals surface area contributed by atoms with E-state index in [2.05, 4.69) is 6.92 Å². The van der Waals surface area contributed by atoms with Crippen LogP contribution in [0.5, 0.6) is 0 Å². The Kier molecular flexibility index (Phi) is 7.41. The van der Waals surface area contributed by atoms with Crippen LogP contribution < -0.4 is 0 Å². The van der Waals surface area contributed by atoms with E-state index >= 15 is 0 Å². The molecule has 66 valence electrons. The van der Waals surface area contributed by atoms with Gasteiger partial charge in [-0.25, -0.2) is 0 Å². The molecule has 0 heterocycles. The molecule has 0 bridgehead atoms. The lowest BCUT2D eigenvalue weighted by Crippen LogP contribution is -2.16. The zero-order valence-corrected chi connectivity index (χ0v) is 6.95. The zero-order valence-electron chi connectivity index (χ0n) is 6.95. The highest BCUT2D eigenvalue weighted by atomic mass is 16.5. The number of carbonyl (C=O) groups is 1. The van der Waals surface area contributed by atoms with Crippen molar-refractivity contribution in [1.82, 2.24) is 0 Å². The summed E-state index contributed by atoms with van der Waals surface area (Å²) in [5, 5.41) is 8.40. The van der Waals surface area contributed by atoms with Gasteiger partial charge < -0.3 is 14.6 Å². The highest BCUT2D eigenvalue weighted by Crippen LogP contribution is 2.01. The molecule has 0 radical (unpaired) electrons. The Morgan fingerprint density at radius 3 is 2.82 bits per heavy atom. The van der Waals surface area contributed by atoms with E-state index in [1.807, 2.05) is 0 Å². The van der Waals surface area contributed by atoms with Crippen LogP contribution in [0.3, 0.4) is 0 Å². The fraction of sp³-hybridized carbons (Fsp3) is 0.875. The first-order chi connectivity index (χ1) is 5.35. The van der Waals surface area contributed by atoms with Crippen molar-refractivity contribution in [3.05, 3.63) is 0 Å². The number of carbonyl (C=O) groups excluding carboxylic acids is 1. The summed E-state index contributed by atoms with van der Waals surface area (Å²) in [6, 6.07) is 0. The third-order valence-corrected chi connectivity index (χ3v) is 1.42. The molecule has 0 amide bonds. The van der Waals surface area contributed by atoms with Gasteiger partial charge in [-0.1, -0.05) is 19.8 Å². The summed E-state index contributed by atoms with van der Waals surface area (Å²) in [4.78, 5) is 10.3. The molecule has 0 aliphatic carbocycles. The van der Waals surface area contributed by atoms with Crippen LogP contribution in [0.4, 0.5) is 0 Å². The molecule has 0 rings (SSSR count). The maximum Gasteiger partial charge on any atom is 0.148 e. The van der Waals surface area contributed by atoms with Gasteiger partial charge in [-0.2, -0.15) is 0 Å². The fourth-order valence-electron chi connectivity index (χ4n) is 0.800. The van der Waals surface area contributed by atoms with Crippen molar-refractivity contribution in [2.24, 2.45) is 0 Å². The number of rotatable bonds is 7. The second-order valence-corrected chi connectivity index (χ2v) is 2.41. The van der Waals surface area contributed by atoms with E-state index in [1.54, 1.807) is 0 Å². The Morgan fingerprint density at radius 1 is 1.64 bits per heavy atom. The van der Waals surface area contributed by atoms with E-state index in [0.29, 0.717) is 0 Å². The minimum absolute atomic E-state index is 0.0174. The molecule has 3 nitrogen and oxygen atoms in total. The summed E-state index contributed by atoms with van der Waals surface area (Å²) >= 11 is 0. The van der Waals surface area contributed by atoms with Crippen molar-refractivity contribution < 1.29 is 14.6 Å². The standard InChI is InChI=1S/C8H16O3/c1-2-3-4-8(7-10)11-6-5-9/h7-9H,2-6H2,1H3. The number of ether oxygens (including phenoxy) is 1. The van der Waals surface area contributed by atoms with Gasteiger partial charge in [0.05, 0.1) is 13.2 Å². The predicted molar refractivity (Wildman–Crippen MR) is 42.4 cm³/mol. The normalized spacial score (nSPS) is 12.9. The second-order valence-electron chi connectivity index (χ2n) is 2.41. The first-order valence-corrected chi connectivity index (χ1v) is 4.02. The summed E-state index contributed by atoms with van der Waals surface area (Å²) in [7, 11) is 0. The van der Waals surface area contributed by atoms with Gasteiger partial charge in [-0.3, -0.25) is 0 Å². The van der Waals surface area contributed by atoms with Crippen molar-refractivity contribution in [1.29, 1.82) is 0 Å². The molecule has 0 aromatic carbocycles. The minimum Gasteiger partial charge on any atom is -0.394 e. The molecule has 0 aromatic rings. The van der Waals surface area contributed by atoms with E-state index in [4.69, 9.17) is 9.84 Å².